The second-order valence-electron chi connectivity index (χ2n) is 8.48. The van der Waals surface area contributed by atoms with Crippen molar-refractivity contribution in [3.8, 4) is 11.1 Å². The number of halogens is 1. The predicted molar refractivity (Wildman–Crippen MR) is 123 cm³/mol. The van der Waals surface area contributed by atoms with E-state index >= 15 is 0 Å². The quantitative estimate of drug-likeness (QED) is 0.480. The molecule has 2 saturated carbocycles. The van der Waals surface area contributed by atoms with Crippen LogP contribution in [0, 0.1) is 5.92 Å². The number of rotatable bonds is 10. The third-order valence-corrected chi connectivity index (χ3v) is 6.32. The minimum absolute atomic E-state index is 0.441. The van der Waals surface area contributed by atoms with Gasteiger partial charge < -0.3 is 20.7 Å². The minimum Gasteiger partial charge on any atom is -0.384 e. The number of hydrogen-bond donors (Lipinski definition) is 3. The van der Waals surface area contributed by atoms with Crippen LogP contribution in [0.15, 0.2) is 30.7 Å². The molecule has 2 aliphatic rings. The number of anilines is 2. The largest absolute Gasteiger partial charge is 0.384 e. The van der Waals surface area contributed by atoms with Crippen molar-refractivity contribution in [2.24, 2.45) is 5.92 Å². The van der Waals surface area contributed by atoms with Crippen molar-refractivity contribution in [1.29, 1.82) is 0 Å². The maximum atomic E-state index is 6.49. The Labute approximate surface area is 184 Å². The fourth-order valence-corrected chi connectivity index (χ4v) is 4.24. The molecule has 2 aromatic heterocycles. The number of ether oxygens (including phenoxy) is 1. The SMILES string of the molecule is COCCN[C@H]1CC[C@H](Nc2cc(-c3cncc(NCC4CC4)c3)c(Cl)cn2)CC1. The summed E-state index contributed by atoms with van der Waals surface area (Å²) in [6, 6.07) is 5.20. The molecule has 0 spiro atoms. The van der Waals surface area contributed by atoms with Gasteiger partial charge in [0.15, 0.2) is 0 Å². The van der Waals surface area contributed by atoms with Crippen LogP contribution in [-0.2, 0) is 4.74 Å². The van der Waals surface area contributed by atoms with Gasteiger partial charge in [-0.3, -0.25) is 4.98 Å². The minimum atomic E-state index is 0.441. The second-order valence-corrected chi connectivity index (χ2v) is 8.88. The monoisotopic (exact) mass is 429 g/mol. The Morgan fingerprint density at radius 3 is 2.60 bits per heavy atom. The van der Waals surface area contributed by atoms with E-state index in [9.17, 15) is 0 Å². The zero-order valence-electron chi connectivity index (χ0n) is 17.7. The lowest BCUT2D eigenvalue weighted by Crippen LogP contribution is -2.38. The number of pyridine rings is 2. The van der Waals surface area contributed by atoms with E-state index in [4.69, 9.17) is 16.3 Å². The first-order valence-electron chi connectivity index (χ1n) is 11.0. The van der Waals surface area contributed by atoms with E-state index in [0.717, 1.165) is 61.1 Å². The van der Waals surface area contributed by atoms with E-state index in [-0.39, 0.29) is 0 Å². The molecule has 0 saturated heterocycles. The highest BCUT2D eigenvalue weighted by Gasteiger charge is 2.22. The molecule has 0 aromatic carbocycles. The first-order chi connectivity index (χ1) is 14.7. The van der Waals surface area contributed by atoms with Crippen LogP contribution < -0.4 is 16.0 Å². The van der Waals surface area contributed by atoms with Crippen LogP contribution in [0.2, 0.25) is 5.02 Å². The zero-order valence-corrected chi connectivity index (χ0v) is 18.4. The van der Waals surface area contributed by atoms with E-state index in [1.165, 1.54) is 25.7 Å². The molecule has 0 radical (unpaired) electrons. The fraction of sp³-hybridized carbons (Fsp3) is 0.565. The Balaban J connectivity index is 1.36. The van der Waals surface area contributed by atoms with Crippen LogP contribution in [-0.4, -0.2) is 48.9 Å². The highest BCUT2D eigenvalue weighted by molar-refractivity contribution is 6.33. The molecule has 2 heterocycles. The molecule has 7 heteroatoms. The molecule has 2 aliphatic carbocycles. The summed E-state index contributed by atoms with van der Waals surface area (Å²) in [6.45, 7) is 2.71. The number of methoxy groups -OCH3 is 1. The lowest BCUT2D eigenvalue weighted by molar-refractivity contribution is 0.191. The third-order valence-electron chi connectivity index (χ3n) is 6.01. The van der Waals surface area contributed by atoms with Crippen LogP contribution in [0.4, 0.5) is 11.5 Å². The Morgan fingerprint density at radius 2 is 1.83 bits per heavy atom. The summed E-state index contributed by atoms with van der Waals surface area (Å²) >= 11 is 6.49. The van der Waals surface area contributed by atoms with Crippen LogP contribution in [0.3, 0.4) is 0 Å². The maximum absolute atomic E-state index is 6.49. The van der Waals surface area contributed by atoms with E-state index in [1.54, 1.807) is 13.3 Å². The Hall–Kier alpha value is -1.89. The summed E-state index contributed by atoms with van der Waals surface area (Å²) in [5, 5.41) is 11.3. The summed E-state index contributed by atoms with van der Waals surface area (Å²) in [7, 11) is 1.74. The summed E-state index contributed by atoms with van der Waals surface area (Å²) < 4.78 is 5.12. The molecule has 0 unspecified atom stereocenters. The van der Waals surface area contributed by atoms with Gasteiger partial charge in [-0.1, -0.05) is 11.6 Å². The highest BCUT2D eigenvalue weighted by atomic mass is 35.5. The van der Waals surface area contributed by atoms with Gasteiger partial charge in [0.2, 0.25) is 0 Å². The molecule has 0 amide bonds. The number of nitrogens with zero attached hydrogens (tertiary/aromatic N) is 2. The molecule has 30 heavy (non-hydrogen) atoms. The molecular weight excluding hydrogens is 398 g/mol. The lowest BCUT2D eigenvalue weighted by atomic mass is 9.91. The second kappa shape index (κ2) is 10.4. The predicted octanol–water partition coefficient (Wildman–Crippen LogP) is 4.58. The van der Waals surface area contributed by atoms with Crippen molar-refractivity contribution in [2.45, 2.75) is 50.6 Å². The maximum Gasteiger partial charge on any atom is 0.126 e. The smallest absolute Gasteiger partial charge is 0.126 e. The number of nitrogens with one attached hydrogen (secondary N) is 3. The van der Waals surface area contributed by atoms with Crippen molar-refractivity contribution in [3.63, 3.8) is 0 Å². The molecule has 6 nitrogen and oxygen atoms in total. The molecule has 162 valence electrons. The van der Waals surface area contributed by atoms with Gasteiger partial charge in [-0.15, -0.1) is 0 Å². The summed E-state index contributed by atoms with van der Waals surface area (Å²) in [4.78, 5) is 8.92. The van der Waals surface area contributed by atoms with Gasteiger partial charge in [0.1, 0.15) is 5.82 Å². The van der Waals surface area contributed by atoms with Gasteiger partial charge in [0, 0.05) is 62.0 Å². The van der Waals surface area contributed by atoms with E-state index in [1.807, 2.05) is 18.5 Å². The van der Waals surface area contributed by atoms with Crippen LogP contribution >= 0.6 is 11.6 Å². The number of aromatic nitrogens is 2. The first-order valence-corrected chi connectivity index (χ1v) is 11.4. The molecule has 4 rings (SSSR count). The van der Waals surface area contributed by atoms with Crippen molar-refractivity contribution >= 4 is 23.1 Å². The topological polar surface area (TPSA) is 71.1 Å². The van der Waals surface area contributed by atoms with Crippen molar-refractivity contribution in [1.82, 2.24) is 15.3 Å². The molecule has 0 bridgehead atoms. The van der Waals surface area contributed by atoms with Crippen LogP contribution in [0.25, 0.3) is 11.1 Å². The molecule has 0 aliphatic heterocycles. The molecule has 2 fully saturated rings. The standard InChI is InChI=1S/C23H32ClN5O/c1-30-9-8-26-18-4-6-19(7-5-18)29-23-11-21(22(24)15-28-23)17-10-20(14-25-13-17)27-12-16-2-3-16/h10-11,13-16,18-19,26-27H,2-9,12H2,1H3,(H,28,29)/t18-,19-. The third kappa shape index (κ3) is 6.06. The molecule has 2 aromatic rings. The van der Waals surface area contributed by atoms with Crippen molar-refractivity contribution < 1.29 is 4.74 Å². The summed E-state index contributed by atoms with van der Waals surface area (Å²) in [6.07, 6.45) is 12.7. The van der Waals surface area contributed by atoms with Gasteiger partial charge in [0.25, 0.3) is 0 Å². The Kier molecular flexibility index (Phi) is 7.42. The fourth-order valence-electron chi connectivity index (χ4n) is 4.02. The Morgan fingerprint density at radius 1 is 1.03 bits per heavy atom. The van der Waals surface area contributed by atoms with Crippen molar-refractivity contribution in [3.05, 3.63) is 35.7 Å². The van der Waals surface area contributed by atoms with Gasteiger partial charge in [-0.05, 0) is 56.6 Å². The summed E-state index contributed by atoms with van der Waals surface area (Å²) in [5.41, 5.74) is 3.02. The van der Waals surface area contributed by atoms with E-state index in [0.29, 0.717) is 17.1 Å². The molecule has 3 N–H and O–H groups in total. The first kappa shape index (κ1) is 21.3. The van der Waals surface area contributed by atoms with Gasteiger partial charge in [-0.2, -0.15) is 0 Å². The lowest BCUT2D eigenvalue weighted by Gasteiger charge is -2.30. The molecule has 0 atom stereocenters. The van der Waals surface area contributed by atoms with E-state index in [2.05, 4.69) is 32.0 Å². The van der Waals surface area contributed by atoms with Crippen LogP contribution in [0.1, 0.15) is 38.5 Å². The average Bonchev–Trinajstić information content (AvgIpc) is 3.60. The summed E-state index contributed by atoms with van der Waals surface area (Å²) in [5.74, 6) is 1.70. The van der Waals surface area contributed by atoms with Crippen LogP contribution in [0.5, 0.6) is 0 Å². The Bertz CT molecular complexity index is 821. The molecular formula is C23H32ClN5O. The van der Waals surface area contributed by atoms with E-state index < -0.39 is 0 Å². The number of hydrogen-bond acceptors (Lipinski definition) is 6. The highest BCUT2D eigenvalue weighted by Crippen LogP contribution is 2.32. The van der Waals surface area contributed by atoms with Gasteiger partial charge >= 0.3 is 0 Å². The van der Waals surface area contributed by atoms with Crippen molar-refractivity contribution in [2.75, 3.05) is 37.4 Å². The zero-order chi connectivity index (χ0) is 20.8. The van der Waals surface area contributed by atoms with Gasteiger partial charge in [-0.25, -0.2) is 4.98 Å². The average molecular weight is 430 g/mol. The van der Waals surface area contributed by atoms with Gasteiger partial charge in [0.05, 0.1) is 17.3 Å². The normalized spacial score (nSPS) is 21.4.